The highest BCUT2D eigenvalue weighted by Gasteiger charge is 2.04. The summed E-state index contributed by atoms with van der Waals surface area (Å²) >= 11 is 0. The topological polar surface area (TPSA) is 70.7 Å². The van der Waals surface area contributed by atoms with Gasteiger partial charge >= 0.3 is 0 Å². The molecule has 0 aliphatic rings. The van der Waals surface area contributed by atoms with Gasteiger partial charge in [-0.1, -0.05) is 6.07 Å². The van der Waals surface area contributed by atoms with Crippen molar-refractivity contribution in [3.63, 3.8) is 0 Å². The number of nitrogens with zero attached hydrogens (tertiary/aromatic N) is 2. The zero-order chi connectivity index (χ0) is 13.8. The molecule has 3 rings (SSSR count). The summed E-state index contributed by atoms with van der Waals surface area (Å²) < 4.78 is 0. The molecule has 0 radical (unpaired) electrons. The molecular formula is C15H14N4O. The van der Waals surface area contributed by atoms with Crippen LogP contribution in [-0.4, -0.2) is 21.1 Å². The normalized spacial score (nSPS) is 10.6. The lowest BCUT2D eigenvalue weighted by Gasteiger charge is -2.05. The molecule has 0 aliphatic heterocycles. The second kappa shape index (κ2) is 5.52. The first-order valence-corrected chi connectivity index (χ1v) is 6.43. The third-order valence-corrected chi connectivity index (χ3v) is 3.09. The molecule has 1 amide bonds. The van der Waals surface area contributed by atoms with Crippen LogP contribution in [0.25, 0.3) is 10.9 Å². The van der Waals surface area contributed by atoms with E-state index in [4.69, 9.17) is 0 Å². The van der Waals surface area contributed by atoms with Gasteiger partial charge in [-0.05, 0) is 36.2 Å². The Morgan fingerprint density at radius 3 is 3.05 bits per heavy atom. The number of pyridine rings is 1. The van der Waals surface area contributed by atoms with Gasteiger partial charge in [-0.25, -0.2) is 0 Å². The monoisotopic (exact) mass is 266 g/mol. The zero-order valence-electron chi connectivity index (χ0n) is 10.8. The zero-order valence-corrected chi connectivity index (χ0v) is 10.8. The van der Waals surface area contributed by atoms with Gasteiger partial charge in [-0.3, -0.25) is 14.9 Å². The SMILES string of the molecule is O=C(CCc1cccnc1)Nc1ccc2[nH]ncc2c1. The number of carbonyl (C=O) groups excluding carboxylic acids is 1. The Morgan fingerprint density at radius 1 is 1.25 bits per heavy atom. The molecule has 5 nitrogen and oxygen atoms in total. The van der Waals surface area contributed by atoms with Crippen LogP contribution < -0.4 is 5.32 Å². The molecule has 20 heavy (non-hydrogen) atoms. The first-order chi connectivity index (χ1) is 9.81. The molecule has 0 bridgehead atoms. The second-order valence-electron chi connectivity index (χ2n) is 4.58. The lowest BCUT2D eigenvalue weighted by Crippen LogP contribution is -2.12. The minimum absolute atomic E-state index is 0.00306. The third kappa shape index (κ3) is 2.83. The lowest BCUT2D eigenvalue weighted by atomic mass is 10.1. The van der Waals surface area contributed by atoms with Gasteiger partial charge in [-0.15, -0.1) is 0 Å². The number of aromatic amines is 1. The van der Waals surface area contributed by atoms with Crippen molar-refractivity contribution in [2.75, 3.05) is 5.32 Å². The smallest absolute Gasteiger partial charge is 0.224 e. The van der Waals surface area contributed by atoms with Gasteiger partial charge < -0.3 is 5.32 Å². The molecule has 0 saturated heterocycles. The van der Waals surface area contributed by atoms with Crippen molar-refractivity contribution in [1.29, 1.82) is 0 Å². The Bertz CT molecular complexity index is 721. The molecule has 1 aromatic carbocycles. The maximum atomic E-state index is 11.9. The number of hydrogen-bond donors (Lipinski definition) is 2. The summed E-state index contributed by atoms with van der Waals surface area (Å²) in [5.74, 6) is -0.00306. The molecule has 0 atom stereocenters. The van der Waals surface area contributed by atoms with Crippen LogP contribution in [0.5, 0.6) is 0 Å². The molecular weight excluding hydrogens is 252 g/mol. The summed E-state index contributed by atoms with van der Waals surface area (Å²) in [5, 5.41) is 10.7. The molecule has 0 saturated carbocycles. The highest BCUT2D eigenvalue weighted by Crippen LogP contribution is 2.17. The summed E-state index contributed by atoms with van der Waals surface area (Å²) in [6.45, 7) is 0. The number of nitrogens with one attached hydrogen (secondary N) is 2. The lowest BCUT2D eigenvalue weighted by molar-refractivity contribution is -0.116. The largest absolute Gasteiger partial charge is 0.326 e. The van der Waals surface area contributed by atoms with Gasteiger partial charge in [0.15, 0.2) is 0 Å². The number of aromatic nitrogens is 3. The molecule has 2 aromatic heterocycles. The molecule has 5 heteroatoms. The van der Waals surface area contributed by atoms with E-state index < -0.39 is 0 Å². The summed E-state index contributed by atoms with van der Waals surface area (Å²) in [5.41, 5.74) is 2.81. The fourth-order valence-electron chi connectivity index (χ4n) is 2.05. The number of hydrogen-bond acceptors (Lipinski definition) is 3. The minimum Gasteiger partial charge on any atom is -0.326 e. The number of carbonyl (C=O) groups is 1. The third-order valence-electron chi connectivity index (χ3n) is 3.09. The van der Waals surface area contributed by atoms with E-state index in [2.05, 4.69) is 20.5 Å². The van der Waals surface area contributed by atoms with Crippen LogP contribution in [0.3, 0.4) is 0 Å². The average Bonchev–Trinajstić information content (AvgIpc) is 2.94. The quantitative estimate of drug-likeness (QED) is 0.762. The maximum absolute atomic E-state index is 11.9. The number of anilines is 1. The van der Waals surface area contributed by atoms with E-state index in [1.165, 1.54) is 0 Å². The van der Waals surface area contributed by atoms with Crippen molar-refractivity contribution < 1.29 is 4.79 Å². The van der Waals surface area contributed by atoms with Crippen molar-refractivity contribution in [1.82, 2.24) is 15.2 Å². The molecule has 0 spiro atoms. The van der Waals surface area contributed by atoms with Crippen molar-refractivity contribution in [3.05, 3.63) is 54.5 Å². The van der Waals surface area contributed by atoms with E-state index in [0.29, 0.717) is 12.8 Å². The van der Waals surface area contributed by atoms with Crippen LogP contribution >= 0.6 is 0 Å². The predicted molar refractivity (Wildman–Crippen MR) is 77.3 cm³/mol. The van der Waals surface area contributed by atoms with Crippen molar-refractivity contribution in [2.24, 2.45) is 0 Å². The van der Waals surface area contributed by atoms with Crippen LogP contribution in [0.1, 0.15) is 12.0 Å². The Labute approximate surface area is 116 Å². The Balaban J connectivity index is 1.61. The number of fused-ring (bicyclic) bond motifs is 1. The number of rotatable bonds is 4. The molecule has 0 unspecified atom stereocenters. The Hall–Kier alpha value is -2.69. The van der Waals surface area contributed by atoms with Crippen LogP contribution in [0.15, 0.2) is 48.9 Å². The average molecular weight is 266 g/mol. The van der Waals surface area contributed by atoms with Crippen LogP contribution in [0.4, 0.5) is 5.69 Å². The molecule has 0 fully saturated rings. The molecule has 3 aromatic rings. The summed E-state index contributed by atoms with van der Waals surface area (Å²) in [4.78, 5) is 15.9. The van der Waals surface area contributed by atoms with E-state index in [1.807, 2.05) is 30.3 Å². The molecule has 0 aliphatic carbocycles. The van der Waals surface area contributed by atoms with Crippen LogP contribution in [-0.2, 0) is 11.2 Å². The van der Waals surface area contributed by atoms with Crippen molar-refractivity contribution >= 4 is 22.5 Å². The Kier molecular flexibility index (Phi) is 3.41. The maximum Gasteiger partial charge on any atom is 0.224 e. The first-order valence-electron chi connectivity index (χ1n) is 6.43. The van der Waals surface area contributed by atoms with E-state index >= 15 is 0 Å². The van der Waals surface area contributed by atoms with Crippen LogP contribution in [0.2, 0.25) is 0 Å². The fourth-order valence-corrected chi connectivity index (χ4v) is 2.05. The highest BCUT2D eigenvalue weighted by molar-refractivity contribution is 5.93. The minimum atomic E-state index is -0.00306. The number of benzene rings is 1. The number of aryl methyl sites for hydroxylation is 1. The summed E-state index contributed by atoms with van der Waals surface area (Å²) in [6.07, 6.45) is 6.37. The van der Waals surface area contributed by atoms with Gasteiger partial charge in [0, 0.05) is 29.9 Å². The Morgan fingerprint density at radius 2 is 2.20 bits per heavy atom. The predicted octanol–water partition coefficient (Wildman–Crippen LogP) is 2.53. The van der Waals surface area contributed by atoms with Gasteiger partial charge in [0.1, 0.15) is 0 Å². The molecule has 2 heterocycles. The van der Waals surface area contributed by atoms with E-state index in [0.717, 1.165) is 22.2 Å². The molecule has 100 valence electrons. The number of H-pyrrole nitrogens is 1. The van der Waals surface area contributed by atoms with Gasteiger partial charge in [0.2, 0.25) is 5.91 Å². The van der Waals surface area contributed by atoms with Gasteiger partial charge in [0.05, 0.1) is 11.7 Å². The molecule has 2 N–H and O–H groups in total. The summed E-state index contributed by atoms with van der Waals surface area (Å²) in [7, 11) is 0. The number of amides is 1. The van der Waals surface area contributed by atoms with E-state index in [1.54, 1.807) is 18.6 Å². The van der Waals surface area contributed by atoms with Gasteiger partial charge in [0.25, 0.3) is 0 Å². The summed E-state index contributed by atoms with van der Waals surface area (Å²) in [6, 6.07) is 9.51. The standard InChI is InChI=1S/C15H14N4O/c20-15(6-3-11-2-1-7-16-9-11)18-13-4-5-14-12(8-13)10-17-19-14/h1-2,4-5,7-10H,3,6H2,(H,17,19)(H,18,20). The van der Waals surface area contributed by atoms with Gasteiger partial charge in [-0.2, -0.15) is 5.10 Å². The van der Waals surface area contributed by atoms with E-state index in [9.17, 15) is 4.79 Å². The van der Waals surface area contributed by atoms with Crippen molar-refractivity contribution in [3.8, 4) is 0 Å². The fraction of sp³-hybridized carbons (Fsp3) is 0.133. The first kappa shape index (κ1) is 12.3. The second-order valence-corrected chi connectivity index (χ2v) is 4.58. The van der Waals surface area contributed by atoms with E-state index in [-0.39, 0.29) is 5.91 Å². The van der Waals surface area contributed by atoms with Crippen LogP contribution in [0, 0.1) is 0 Å². The highest BCUT2D eigenvalue weighted by atomic mass is 16.1. The van der Waals surface area contributed by atoms with Crippen molar-refractivity contribution in [2.45, 2.75) is 12.8 Å².